The first-order valence-corrected chi connectivity index (χ1v) is 7.14. The lowest BCUT2D eigenvalue weighted by molar-refractivity contribution is -0.126. The van der Waals surface area contributed by atoms with Crippen molar-refractivity contribution in [3.05, 3.63) is 18.0 Å². The number of nitrogens with one attached hydrogen (secondary N) is 1. The third kappa shape index (κ3) is 4.06. The third-order valence-corrected chi connectivity index (χ3v) is 4.02. The molecule has 1 heterocycles. The van der Waals surface area contributed by atoms with E-state index in [2.05, 4.69) is 10.4 Å². The van der Waals surface area contributed by atoms with E-state index >= 15 is 0 Å². The number of hydrogen-bond donors (Lipinski definition) is 2. The molecule has 5 nitrogen and oxygen atoms in total. The molecule has 0 aliphatic heterocycles. The van der Waals surface area contributed by atoms with Crippen LogP contribution in [-0.2, 0) is 18.3 Å². The first kappa shape index (κ1) is 14.1. The molecule has 0 bridgehead atoms. The van der Waals surface area contributed by atoms with Gasteiger partial charge in [-0.3, -0.25) is 9.48 Å². The second kappa shape index (κ2) is 6.70. The monoisotopic (exact) mass is 264 g/mol. The summed E-state index contributed by atoms with van der Waals surface area (Å²) in [6.07, 6.45) is 8.84. The van der Waals surface area contributed by atoms with Crippen molar-refractivity contribution in [2.45, 2.75) is 32.1 Å². The Bertz CT molecular complexity index is 407. The Balaban J connectivity index is 1.67. The molecule has 0 radical (unpaired) electrons. The maximum absolute atomic E-state index is 12.0. The molecule has 2 rings (SSSR count). The summed E-state index contributed by atoms with van der Waals surface area (Å²) in [4.78, 5) is 12.0. The van der Waals surface area contributed by atoms with Crippen LogP contribution in [0.15, 0.2) is 12.4 Å². The zero-order chi connectivity index (χ0) is 13.7. The molecule has 1 saturated carbocycles. The average Bonchev–Trinajstić information content (AvgIpc) is 2.84. The minimum absolute atomic E-state index is 0.191. The van der Waals surface area contributed by atoms with Gasteiger partial charge >= 0.3 is 0 Å². The highest BCUT2D eigenvalue weighted by molar-refractivity contribution is 5.78. The number of aryl methyl sites for hydroxylation is 1. The van der Waals surface area contributed by atoms with Gasteiger partial charge in [0.1, 0.15) is 0 Å². The summed E-state index contributed by atoms with van der Waals surface area (Å²) >= 11 is 0. The van der Waals surface area contributed by atoms with Gasteiger partial charge < -0.3 is 11.1 Å². The number of hydrogen-bond acceptors (Lipinski definition) is 3. The number of carbonyl (C=O) groups excluding carboxylic acids is 1. The molecular formula is C14H24N4O. The van der Waals surface area contributed by atoms with E-state index in [1.54, 1.807) is 4.68 Å². The highest BCUT2D eigenvalue weighted by Gasteiger charge is 2.25. The van der Waals surface area contributed by atoms with Crippen LogP contribution in [0.2, 0.25) is 0 Å². The standard InChI is InChI=1S/C14H24N4O/c1-18-10-12(9-17-18)6-7-16-14(19)13-4-2-11(8-15)3-5-13/h9-11,13H,2-8,15H2,1H3,(H,16,19). The molecule has 3 N–H and O–H groups in total. The molecular weight excluding hydrogens is 240 g/mol. The zero-order valence-corrected chi connectivity index (χ0v) is 11.6. The molecule has 1 aliphatic carbocycles. The Labute approximate surface area is 114 Å². The van der Waals surface area contributed by atoms with Crippen molar-refractivity contribution in [2.24, 2.45) is 24.6 Å². The van der Waals surface area contributed by atoms with Gasteiger partial charge in [-0.25, -0.2) is 0 Å². The smallest absolute Gasteiger partial charge is 0.223 e. The molecule has 1 aliphatic rings. The van der Waals surface area contributed by atoms with Crippen LogP contribution in [0.3, 0.4) is 0 Å². The summed E-state index contributed by atoms with van der Waals surface area (Å²) in [5, 5.41) is 7.15. The second-order valence-electron chi connectivity index (χ2n) is 5.52. The highest BCUT2D eigenvalue weighted by atomic mass is 16.1. The van der Waals surface area contributed by atoms with Crippen LogP contribution in [0.1, 0.15) is 31.2 Å². The van der Waals surface area contributed by atoms with Crippen LogP contribution in [0, 0.1) is 11.8 Å². The third-order valence-electron chi connectivity index (χ3n) is 4.02. The molecule has 106 valence electrons. The summed E-state index contributed by atoms with van der Waals surface area (Å²) < 4.78 is 1.78. The SMILES string of the molecule is Cn1cc(CCNC(=O)C2CCC(CN)CC2)cn1. The van der Waals surface area contributed by atoms with Crippen molar-refractivity contribution in [1.29, 1.82) is 0 Å². The lowest BCUT2D eigenvalue weighted by Crippen LogP contribution is -2.35. The van der Waals surface area contributed by atoms with Crippen LogP contribution in [-0.4, -0.2) is 28.8 Å². The fourth-order valence-electron chi connectivity index (χ4n) is 2.74. The summed E-state index contributed by atoms with van der Waals surface area (Å²) in [7, 11) is 1.90. The molecule has 1 aromatic rings. The first-order valence-electron chi connectivity index (χ1n) is 7.14. The number of rotatable bonds is 5. The van der Waals surface area contributed by atoms with E-state index < -0.39 is 0 Å². The molecule has 1 aromatic heterocycles. The molecule has 0 aromatic carbocycles. The van der Waals surface area contributed by atoms with Gasteiger partial charge in [0.15, 0.2) is 0 Å². The molecule has 0 saturated heterocycles. The van der Waals surface area contributed by atoms with Crippen molar-refractivity contribution in [3.8, 4) is 0 Å². The van der Waals surface area contributed by atoms with E-state index in [0.29, 0.717) is 12.5 Å². The number of nitrogens with two attached hydrogens (primary N) is 1. The Morgan fingerprint density at radius 2 is 2.21 bits per heavy atom. The number of nitrogens with zero attached hydrogens (tertiary/aromatic N) is 2. The topological polar surface area (TPSA) is 72.9 Å². The van der Waals surface area contributed by atoms with E-state index in [-0.39, 0.29) is 11.8 Å². The number of carbonyl (C=O) groups is 1. The van der Waals surface area contributed by atoms with Gasteiger partial charge in [-0.2, -0.15) is 5.10 Å². The molecule has 1 amide bonds. The highest BCUT2D eigenvalue weighted by Crippen LogP contribution is 2.28. The van der Waals surface area contributed by atoms with E-state index in [9.17, 15) is 4.79 Å². The van der Waals surface area contributed by atoms with Crippen molar-refractivity contribution < 1.29 is 4.79 Å². The van der Waals surface area contributed by atoms with E-state index in [1.807, 2.05) is 19.4 Å². The molecule has 0 spiro atoms. The van der Waals surface area contributed by atoms with E-state index in [0.717, 1.165) is 44.2 Å². The van der Waals surface area contributed by atoms with Crippen LogP contribution in [0.4, 0.5) is 0 Å². The summed E-state index contributed by atoms with van der Waals surface area (Å²) in [5.74, 6) is 1.02. The summed E-state index contributed by atoms with van der Waals surface area (Å²) in [6, 6.07) is 0. The zero-order valence-electron chi connectivity index (χ0n) is 11.6. The minimum Gasteiger partial charge on any atom is -0.356 e. The molecule has 5 heteroatoms. The molecule has 0 atom stereocenters. The van der Waals surface area contributed by atoms with Gasteiger partial charge in [-0.15, -0.1) is 0 Å². The van der Waals surface area contributed by atoms with Crippen LogP contribution < -0.4 is 11.1 Å². The van der Waals surface area contributed by atoms with Gasteiger partial charge in [-0.1, -0.05) is 0 Å². The Morgan fingerprint density at radius 3 is 2.79 bits per heavy atom. The van der Waals surface area contributed by atoms with Gasteiger partial charge in [0.25, 0.3) is 0 Å². The number of aromatic nitrogens is 2. The quantitative estimate of drug-likeness (QED) is 0.828. The van der Waals surface area contributed by atoms with Gasteiger partial charge in [0.05, 0.1) is 6.20 Å². The Morgan fingerprint density at radius 1 is 1.47 bits per heavy atom. The predicted molar refractivity (Wildman–Crippen MR) is 74.4 cm³/mol. The largest absolute Gasteiger partial charge is 0.356 e. The van der Waals surface area contributed by atoms with Crippen molar-refractivity contribution in [3.63, 3.8) is 0 Å². The maximum atomic E-state index is 12.0. The molecule has 0 unspecified atom stereocenters. The first-order chi connectivity index (χ1) is 9.19. The Hall–Kier alpha value is -1.36. The maximum Gasteiger partial charge on any atom is 0.223 e. The van der Waals surface area contributed by atoms with Crippen LogP contribution in [0.25, 0.3) is 0 Å². The molecule has 1 fully saturated rings. The van der Waals surface area contributed by atoms with Gasteiger partial charge in [-0.05, 0) is 50.1 Å². The van der Waals surface area contributed by atoms with Gasteiger partial charge in [0, 0.05) is 25.7 Å². The Kier molecular flexibility index (Phi) is 4.96. The minimum atomic E-state index is 0.191. The number of amides is 1. The molecule has 19 heavy (non-hydrogen) atoms. The van der Waals surface area contributed by atoms with Crippen molar-refractivity contribution >= 4 is 5.91 Å². The lowest BCUT2D eigenvalue weighted by Gasteiger charge is -2.26. The van der Waals surface area contributed by atoms with Crippen LogP contribution >= 0.6 is 0 Å². The van der Waals surface area contributed by atoms with Crippen LogP contribution in [0.5, 0.6) is 0 Å². The fourth-order valence-corrected chi connectivity index (χ4v) is 2.74. The summed E-state index contributed by atoms with van der Waals surface area (Å²) in [5.41, 5.74) is 6.82. The second-order valence-corrected chi connectivity index (χ2v) is 5.52. The fraction of sp³-hybridized carbons (Fsp3) is 0.714. The van der Waals surface area contributed by atoms with Gasteiger partial charge in [0.2, 0.25) is 5.91 Å². The average molecular weight is 264 g/mol. The summed E-state index contributed by atoms with van der Waals surface area (Å²) in [6.45, 7) is 1.46. The van der Waals surface area contributed by atoms with Crippen molar-refractivity contribution in [2.75, 3.05) is 13.1 Å². The predicted octanol–water partition coefficient (Wildman–Crippen LogP) is 0.844. The van der Waals surface area contributed by atoms with E-state index in [4.69, 9.17) is 5.73 Å². The normalized spacial score (nSPS) is 23.3. The van der Waals surface area contributed by atoms with E-state index in [1.165, 1.54) is 0 Å². The van der Waals surface area contributed by atoms with Crippen molar-refractivity contribution in [1.82, 2.24) is 15.1 Å². The lowest BCUT2D eigenvalue weighted by atomic mass is 9.81.